The molecule has 0 amide bonds. The molecular weight excluding hydrogens is 386 g/mol. The minimum absolute atomic E-state index is 0.0653. The van der Waals surface area contributed by atoms with Gasteiger partial charge in [0, 0.05) is 12.1 Å². The number of aliphatic hydroxyl groups is 1. The molecule has 0 spiro atoms. The fraction of sp³-hybridized carbons (Fsp3) is 0.158. The highest BCUT2D eigenvalue weighted by atomic mass is 32.1. The maximum absolute atomic E-state index is 13.0. The molecule has 0 radical (unpaired) electrons. The van der Waals surface area contributed by atoms with Gasteiger partial charge in [-0.15, -0.1) is 5.10 Å². The van der Waals surface area contributed by atoms with Crippen LogP contribution in [0.15, 0.2) is 54.7 Å². The zero-order valence-electron chi connectivity index (χ0n) is 14.5. The predicted molar refractivity (Wildman–Crippen MR) is 103 cm³/mol. The lowest BCUT2D eigenvalue weighted by Crippen LogP contribution is -2.26. The number of ether oxygens (including phenoxy) is 1. The van der Waals surface area contributed by atoms with E-state index in [2.05, 4.69) is 15.4 Å². The van der Waals surface area contributed by atoms with Gasteiger partial charge >= 0.3 is 0 Å². The van der Waals surface area contributed by atoms with E-state index in [1.165, 1.54) is 47.7 Å². The number of rotatable bonds is 7. The van der Waals surface area contributed by atoms with Crippen molar-refractivity contribution in [2.75, 3.05) is 18.5 Å². The van der Waals surface area contributed by atoms with E-state index in [0.29, 0.717) is 21.5 Å². The average Bonchev–Trinajstić information content (AvgIpc) is 3.25. The Labute approximate surface area is 163 Å². The zero-order chi connectivity index (χ0) is 19.5. The number of aromatic nitrogens is 3. The lowest BCUT2D eigenvalue weighted by atomic mass is 10.2. The molecular formula is C19H16F2N4O2S. The number of aliphatic hydroxyl groups excluding tert-OH is 1. The lowest BCUT2D eigenvalue weighted by molar-refractivity contribution is 0.117. The first-order valence-corrected chi connectivity index (χ1v) is 9.31. The summed E-state index contributed by atoms with van der Waals surface area (Å²) in [5, 5.41) is 18.0. The molecule has 1 unspecified atom stereocenters. The molecule has 28 heavy (non-hydrogen) atoms. The molecule has 6 nitrogen and oxygen atoms in total. The van der Waals surface area contributed by atoms with Crippen LogP contribution >= 0.6 is 11.3 Å². The van der Waals surface area contributed by atoms with Gasteiger partial charge in [0.1, 0.15) is 30.1 Å². The van der Waals surface area contributed by atoms with E-state index >= 15 is 0 Å². The van der Waals surface area contributed by atoms with Crippen LogP contribution in [0.25, 0.3) is 16.2 Å². The third-order valence-electron chi connectivity index (χ3n) is 3.93. The topological polar surface area (TPSA) is 71.7 Å². The van der Waals surface area contributed by atoms with Crippen LogP contribution in [-0.2, 0) is 0 Å². The predicted octanol–water partition coefficient (Wildman–Crippen LogP) is 3.59. The quantitative estimate of drug-likeness (QED) is 0.494. The van der Waals surface area contributed by atoms with Crippen molar-refractivity contribution in [1.29, 1.82) is 0 Å². The van der Waals surface area contributed by atoms with Gasteiger partial charge in [-0.1, -0.05) is 11.3 Å². The fourth-order valence-electron chi connectivity index (χ4n) is 2.52. The summed E-state index contributed by atoms with van der Waals surface area (Å²) in [6, 6.07) is 11.7. The number of halogens is 2. The number of anilines is 1. The van der Waals surface area contributed by atoms with Gasteiger partial charge in [0.05, 0.1) is 11.9 Å². The van der Waals surface area contributed by atoms with E-state index in [1.807, 2.05) is 0 Å². The molecule has 2 N–H and O–H groups in total. The largest absolute Gasteiger partial charge is 0.491 e. The van der Waals surface area contributed by atoms with Gasteiger partial charge in [0.15, 0.2) is 0 Å². The Kier molecular flexibility index (Phi) is 5.18. The third-order valence-corrected chi connectivity index (χ3v) is 4.81. The second kappa shape index (κ2) is 7.91. The monoisotopic (exact) mass is 402 g/mol. The van der Waals surface area contributed by atoms with Crippen molar-refractivity contribution < 1.29 is 18.6 Å². The Bertz CT molecular complexity index is 1030. The molecule has 0 bridgehead atoms. The number of hydrogen-bond acceptors (Lipinski definition) is 6. The molecule has 144 valence electrons. The molecule has 2 heterocycles. The Morgan fingerprint density at radius 3 is 2.43 bits per heavy atom. The van der Waals surface area contributed by atoms with Crippen molar-refractivity contribution >= 4 is 21.4 Å². The number of imidazole rings is 1. The van der Waals surface area contributed by atoms with Crippen LogP contribution in [0.3, 0.4) is 0 Å². The van der Waals surface area contributed by atoms with Crippen molar-refractivity contribution in [3.8, 4) is 17.0 Å². The molecule has 1 atom stereocenters. The Morgan fingerprint density at radius 2 is 1.75 bits per heavy atom. The van der Waals surface area contributed by atoms with Gasteiger partial charge in [-0.3, -0.25) is 0 Å². The van der Waals surface area contributed by atoms with Crippen LogP contribution in [0.2, 0.25) is 0 Å². The summed E-state index contributed by atoms with van der Waals surface area (Å²) >= 11 is 1.34. The normalized spacial score (nSPS) is 12.2. The zero-order valence-corrected chi connectivity index (χ0v) is 15.4. The Balaban J connectivity index is 1.32. The SMILES string of the molecule is OC(CNc1nn2cc(-c3ccc(F)cc3)nc2s1)COc1ccc(F)cc1. The van der Waals surface area contributed by atoms with Crippen molar-refractivity contribution in [1.82, 2.24) is 14.6 Å². The molecule has 9 heteroatoms. The summed E-state index contributed by atoms with van der Waals surface area (Å²) < 4.78 is 32.9. The molecule has 0 aliphatic heterocycles. The maximum atomic E-state index is 13.0. The van der Waals surface area contributed by atoms with E-state index in [4.69, 9.17) is 4.74 Å². The standard InChI is InChI=1S/C19H16F2N4O2S/c20-13-3-1-12(2-4-13)17-10-25-19(23-17)28-18(24-25)22-9-15(26)11-27-16-7-5-14(21)6-8-16/h1-8,10,15,26H,9,11H2,(H,22,24). The first-order valence-electron chi connectivity index (χ1n) is 8.49. The van der Waals surface area contributed by atoms with Crippen molar-refractivity contribution in [2.45, 2.75) is 6.10 Å². The first-order chi connectivity index (χ1) is 13.6. The number of nitrogens with one attached hydrogen (secondary N) is 1. The van der Waals surface area contributed by atoms with Crippen molar-refractivity contribution in [3.05, 3.63) is 66.4 Å². The summed E-state index contributed by atoms with van der Waals surface area (Å²) in [6.45, 7) is 0.304. The first kappa shape index (κ1) is 18.3. The highest BCUT2D eigenvalue weighted by molar-refractivity contribution is 7.20. The van der Waals surface area contributed by atoms with Gasteiger partial charge < -0.3 is 15.2 Å². The second-order valence-corrected chi connectivity index (χ2v) is 7.02. The van der Waals surface area contributed by atoms with Crippen LogP contribution < -0.4 is 10.1 Å². The van der Waals surface area contributed by atoms with E-state index in [-0.39, 0.29) is 24.8 Å². The van der Waals surface area contributed by atoms with Gasteiger partial charge in [-0.25, -0.2) is 18.3 Å². The molecule has 0 fully saturated rings. The van der Waals surface area contributed by atoms with E-state index in [0.717, 1.165) is 5.56 Å². The third kappa shape index (κ3) is 4.26. The minimum Gasteiger partial charge on any atom is -0.491 e. The molecule has 4 aromatic rings. The number of fused-ring (bicyclic) bond motifs is 1. The lowest BCUT2D eigenvalue weighted by Gasteiger charge is -2.12. The summed E-state index contributed by atoms with van der Waals surface area (Å²) in [7, 11) is 0. The Morgan fingerprint density at radius 1 is 1.07 bits per heavy atom. The summed E-state index contributed by atoms with van der Waals surface area (Å²) in [5.74, 6) is -0.149. The number of benzene rings is 2. The highest BCUT2D eigenvalue weighted by Gasteiger charge is 2.11. The molecule has 2 aromatic carbocycles. The number of hydrogen-bond donors (Lipinski definition) is 2. The van der Waals surface area contributed by atoms with E-state index < -0.39 is 6.10 Å². The molecule has 0 aliphatic rings. The summed E-state index contributed by atoms with van der Waals surface area (Å²) in [6.07, 6.45) is 0.995. The molecule has 4 rings (SSSR count). The summed E-state index contributed by atoms with van der Waals surface area (Å²) in [4.78, 5) is 5.16. The van der Waals surface area contributed by atoms with Crippen molar-refractivity contribution in [3.63, 3.8) is 0 Å². The second-order valence-electron chi connectivity index (χ2n) is 6.07. The van der Waals surface area contributed by atoms with Crippen LogP contribution in [0.4, 0.5) is 13.9 Å². The molecule has 0 aliphatic carbocycles. The molecule has 2 aromatic heterocycles. The van der Waals surface area contributed by atoms with Crippen LogP contribution in [0.5, 0.6) is 5.75 Å². The Hall–Kier alpha value is -3.04. The van der Waals surface area contributed by atoms with E-state index in [9.17, 15) is 13.9 Å². The van der Waals surface area contributed by atoms with Crippen LogP contribution in [0, 0.1) is 11.6 Å². The maximum Gasteiger partial charge on any atom is 0.214 e. The van der Waals surface area contributed by atoms with Crippen LogP contribution in [-0.4, -0.2) is 39.0 Å². The average molecular weight is 402 g/mol. The molecule has 0 saturated carbocycles. The smallest absolute Gasteiger partial charge is 0.214 e. The van der Waals surface area contributed by atoms with Crippen LogP contribution in [0.1, 0.15) is 0 Å². The van der Waals surface area contributed by atoms with Gasteiger partial charge in [-0.05, 0) is 48.5 Å². The minimum atomic E-state index is -0.768. The summed E-state index contributed by atoms with van der Waals surface area (Å²) in [5.41, 5.74) is 1.51. The highest BCUT2D eigenvalue weighted by Crippen LogP contribution is 2.24. The molecule has 0 saturated heterocycles. The van der Waals surface area contributed by atoms with Gasteiger partial charge in [0.2, 0.25) is 10.1 Å². The number of nitrogens with zero attached hydrogens (tertiary/aromatic N) is 3. The van der Waals surface area contributed by atoms with Gasteiger partial charge in [0.25, 0.3) is 0 Å². The van der Waals surface area contributed by atoms with E-state index in [1.54, 1.807) is 22.8 Å². The van der Waals surface area contributed by atoms with Gasteiger partial charge in [-0.2, -0.15) is 0 Å². The van der Waals surface area contributed by atoms with Crippen molar-refractivity contribution in [2.24, 2.45) is 0 Å². The fourth-order valence-corrected chi connectivity index (χ4v) is 3.31.